The third-order valence-electron chi connectivity index (χ3n) is 9.10. The third-order valence-corrected chi connectivity index (χ3v) is 9.10. The van der Waals surface area contributed by atoms with E-state index in [9.17, 15) is 29.4 Å². The second kappa shape index (κ2) is 12.9. The van der Waals surface area contributed by atoms with E-state index < -0.39 is 11.9 Å². The van der Waals surface area contributed by atoms with Crippen molar-refractivity contribution in [2.24, 2.45) is 0 Å². The van der Waals surface area contributed by atoms with Gasteiger partial charge in [0.25, 0.3) is 0 Å². The van der Waals surface area contributed by atoms with Gasteiger partial charge in [-0.15, -0.1) is 0 Å². The summed E-state index contributed by atoms with van der Waals surface area (Å²) in [6, 6.07) is -0.374. The molecule has 43 heavy (non-hydrogen) atoms. The summed E-state index contributed by atoms with van der Waals surface area (Å²) >= 11 is 0. The van der Waals surface area contributed by atoms with Gasteiger partial charge in [-0.25, -0.2) is 0 Å². The van der Waals surface area contributed by atoms with Gasteiger partial charge >= 0.3 is 11.9 Å². The predicted molar refractivity (Wildman–Crippen MR) is 163 cm³/mol. The van der Waals surface area contributed by atoms with Crippen molar-refractivity contribution in [3.8, 4) is 0 Å². The number of carbonyl (C=O) groups is 4. The second-order valence-electron chi connectivity index (χ2n) is 11.6. The van der Waals surface area contributed by atoms with Crippen LogP contribution in [0.15, 0.2) is 34.9 Å². The Morgan fingerprint density at radius 1 is 0.791 bits per heavy atom. The van der Waals surface area contributed by atoms with Crippen molar-refractivity contribution in [1.29, 1.82) is 0 Å². The van der Waals surface area contributed by atoms with Crippen molar-refractivity contribution in [3.05, 3.63) is 80.0 Å². The van der Waals surface area contributed by atoms with Crippen molar-refractivity contribution in [2.45, 2.75) is 98.1 Å². The summed E-state index contributed by atoms with van der Waals surface area (Å²) in [5.74, 6) is -1.94. The molecule has 2 unspecified atom stereocenters. The maximum atomic E-state index is 12.5. The monoisotopic (exact) mass is 590 g/mol. The van der Waals surface area contributed by atoms with Crippen LogP contribution in [-0.2, 0) is 51.3 Å². The quantitative estimate of drug-likeness (QED) is 0.195. The van der Waals surface area contributed by atoms with E-state index in [-0.39, 0.29) is 36.7 Å². The van der Waals surface area contributed by atoms with Gasteiger partial charge < -0.3 is 30.8 Å². The average Bonchev–Trinajstić information content (AvgIpc) is 3.59. The van der Waals surface area contributed by atoms with E-state index in [1.165, 1.54) is 0 Å². The highest BCUT2D eigenvalue weighted by atomic mass is 16.4. The zero-order valence-corrected chi connectivity index (χ0v) is 25.6. The van der Waals surface area contributed by atoms with Gasteiger partial charge in [0.1, 0.15) is 0 Å². The number of carboxylic acid groups (broad SMARTS) is 2. The van der Waals surface area contributed by atoms with Gasteiger partial charge in [0, 0.05) is 66.0 Å². The number of carbonyl (C=O) groups excluding carboxylic acids is 2. The van der Waals surface area contributed by atoms with Gasteiger partial charge in [-0.2, -0.15) is 0 Å². The van der Waals surface area contributed by atoms with Gasteiger partial charge in [0.15, 0.2) is 0 Å². The molecule has 2 aliphatic heterocycles. The Balaban J connectivity index is 1.70. The predicted octanol–water partition coefficient (Wildman–Crippen LogP) is 3.90. The molecule has 10 heteroatoms. The largest absolute Gasteiger partial charge is 0.481 e. The summed E-state index contributed by atoms with van der Waals surface area (Å²) in [6.07, 6.45) is 4.48. The molecule has 2 aromatic rings. The van der Waals surface area contributed by atoms with Crippen molar-refractivity contribution < 1.29 is 29.4 Å². The Morgan fingerprint density at radius 3 is 1.72 bits per heavy atom. The minimum Gasteiger partial charge on any atom is -0.481 e. The van der Waals surface area contributed by atoms with Crippen LogP contribution >= 0.6 is 0 Å². The first-order valence-corrected chi connectivity index (χ1v) is 14.8. The lowest BCUT2D eigenvalue weighted by Gasteiger charge is -2.13. The first-order valence-electron chi connectivity index (χ1n) is 14.8. The fourth-order valence-corrected chi connectivity index (χ4v) is 6.53. The smallest absolute Gasteiger partial charge is 0.303 e. The standard InChI is InChI=1S/C33H42N4O6/c1-7-20-19(6)32(42)37-27(20)14-25-18(5)23(10-12-31(40)41)29(35-25)15-28-22(9-11-30(38)39)17(4)24(34-28)13-26-16(3)21(8-2)33(43)36-26/h7,26-27,34-35H,1,8-15H2,2-6H3,(H,36,43)(H,37,42)(H,38,39)(H,40,41). The number of hydrogen-bond donors (Lipinski definition) is 6. The van der Waals surface area contributed by atoms with Crippen molar-refractivity contribution in [2.75, 3.05) is 0 Å². The summed E-state index contributed by atoms with van der Waals surface area (Å²) in [5.41, 5.74) is 10.7. The zero-order chi connectivity index (χ0) is 31.6. The molecule has 4 heterocycles. The summed E-state index contributed by atoms with van der Waals surface area (Å²) in [6.45, 7) is 13.5. The van der Waals surface area contributed by atoms with E-state index in [2.05, 4.69) is 27.2 Å². The molecule has 10 nitrogen and oxygen atoms in total. The van der Waals surface area contributed by atoms with Crippen LogP contribution in [0, 0.1) is 13.8 Å². The maximum Gasteiger partial charge on any atom is 0.303 e. The minimum absolute atomic E-state index is 0.0253. The van der Waals surface area contributed by atoms with E-state index >= 15 is 0 Å². The fourth-order valence-electron chi connectivity index (χ4n) is 6.53. The Morgan fingerprint density at radius 2 is 1.28 bits per heavy atom. The number of amides is 2. The number of hydrogen-bond acceptors (Lipinski definition) is 4. The Bertz CT molecular complexity index is 1550. The molecule has 0 bridgehead atoms. The second-order valence-corrected chi connectivity index (χ2v) is 11.6. The molecule has 0 radical (unpaired) electrons. The Kier molecular flexibility index (Phi) is 9.47. The Hall–Kier alpha value is -4.34. The van der Waals surface area contributed by atoms with Gasteiger partial charge in [0.05, 0.1) is 12.1 Å². The van der Waals surface area contributed by atoms with Crippen LogP contribution in [-0.4, -0.2) is 56.0 Å². The van der Waals surface area contributed by atoms with E-state index in [1.54, 1.807) is 13.0 Å². The van der Waals surface area contributed by atoms with Crippen LogP contribution in [0.5, 0.6) is 0 Å². The molecule has 0 aromatic carbocycles. The van der Waals surface area contributed by atoms with E-state index in [4.69, 9.17) is 0 Å². The lowest BCUT2D eigenvalue weighted by molar-refractivity contribution is -0.138. The molecule has 2 aliphatic rings. The molecule has 2 aromatic heterocycles. The third kappa shape index (κ3) is 6.53. The Labute approximate surface area is 251 Å². The van der Waals surface area contributed by atoms with Crippen LogP contribution in [0.2, 0.25) is 0 Å². The number of carboxylic acids is 2. The molecule has 6 N–H and O–H groups in total. The normalized spacial score (nSPS) is 18.4. The number of rotatable bonds is 14. The van der Waals surface area contributed by atoms with E-state index in [0.717, 1.165) is 61.7 Å². The minimum atomic E-state index is -0.891. The van der Waals surface area contributed by atoms with Crippen molar-refractivity contribution in [3.63, 3.8) is 0 Å². The van der Waals surface area contributed by atoms with Gasteiger partial charge in [0.2, 0.25) is 11.8 Å². The summed E-state index contributed by atoms with van der Waals surface area (Å²) in [5, 5.41) is 25.0. The number of aromatic nitrogens is 2. The van der Waals surface area contributed by atoms with Crippen molar-refractivity contribution >= 4 is 23.8 Å². The number of aromatic amines is 2. The number of nitrogens with one attached hydrogen (secondary N) is 4. The van der Waals surface area contributed by atoms with Gasteiger partial charge in [-0.3, -0.25) is 19.2 Å². The van der Waals surface area contributed by atoms with E-state index in [0.29, 0.717) is 44.1 Å². The molecule has 4 rings (SSSR count). The van der Waals surface area contributed by atoms with Crippen LogP contribution < -0.4 is 10.6 Å². The van der Waals surface area contributed by atoms with Crippen LogP contribution in [0.25, 0.3) is 0 Å². The molecule has 0 fully saturated rings. The molecular formula is C33H42N4O6. The van der Waals surface area contributed by atoms with Gasteiger partial charge in [-0.05, 0) is 80.4 Å². The van der Waals surface area contributed by atoms with E-state index in [1.807, 2.05) is 27.7 Å². The van der Waals surface area contributed by atoms with Crippen LogP contribution in [0.1, 0.15) is 85.1 Å². The van der Waals surface area contributed by atoms with Gasteiger partial charge in [-0.1, -0.05) is 19.6 Å². The highest BCUT2D eigenvalue weighted by molar-refractivity contribution is 5.98. The lowest BCUT2D eigenvalue weighted by atomic mass is 9.96. The first kappa shape index (κ1) is 31.6. The molecule has 0 saturated carbocycles. The summed E-state index contributed by atoms with van der Waals surface area (Å²) in [7, 11) is 0. The number of H-pyrrole nitrogens is 2. The fraction of sp³-hybridized carbons (Fsp3) is 0.455. The molecule has 0 aliphatic carbocycles. The zero-order valence-electron chi connectivity index (χ0n) is 25.6. The molecule has 2 atom stereocenters. The molecule has 230 valence electrons. The lowest BCUT2D eigenvalue weighted by Crippen LogP contribution is -2.30. The summed E-state index contributed by atoms with van der Waals surface area (Å²) < 4.78 is 0. The summed E-state index contributed by atoms with van der Waals surface area (Å²) in [4.78, 5) is 55.0. The molecule has 0 spiro atoms. The molecule has 2 amide bonds. The van der Waals surface area contributed by atoms with Crippen molar-refractivity contribution in [1.82, 2.24) is 20.6 Å². The van der Waals surface area contributed by atoms with Crippen LogP contribution in [0.3, 0.4) is 0 Å². The maximum absolute atomic E-state index is 12.5. The number of aliphatic carboxylic acids is 2. The van der Waals surface area contributed by atoms with Crippen LogP contribution in [0.4, 0.5) is 0 Å². The average molecular weight is 591 g/mol. The molecular weight excluding hydrogens is 548 g/mol. The highest BCUT2D eigenvalue weighted by Crippen LogP contribution is 2.31. The highest BCUT2D eigenvalue weighted by Gasteiger charge is 2.31. The molecule has 0 saturated heterocycles. The SMILES string of the molecule is C=CC1=C(C)C(=O)NC1Cc1[nH]c(Cc2[nH]c(CC3NC(=O)C(CC)=C3C)c(C)c2CCC(=O)O)c(CCC(=O)O)c1C. The first-order chi connectivity index (χ1) is 20.4. The topological polar surface area (TPSA) is 164 Å².